The molecule has 27 heavy (non-hydrogen) atoms. The van der Waals surface area contributed by atoms with Crippen molar-refractivity contribution in [3.05, 3.63) is 71.1 Å². The molecule has 1 N–H and O–H groups in total. The number of thiophene rings is 1. The first kappa shape index (κ1) is 17.7. The number of rotatable bonds is 5. The van der Waals surface area contributed by atoms with Crippen molar-refractivity contribution < 1.29 is 12.9 Å². The fourth-order valence-electron chi connectivity index (χ4n) is 2.36. The molecule has 136 valence electrons. The van der Waals surface area contributed by atoms with E-state index in [1.54, 1.807) is 66.0 Å². The maximum atomic E-state index is 12.3. The lowest BCUT2D eigenvalue weighted by atomic mass is 10.2. The highest BCUT2D eigenvalue weighted by Gasteiger charge is 2.15. The molecule has 9 heteroatoms. The number of halogens is 1. The van der Waals surface area contributed by atoms with Crippen LogP contribution in [0.2, 0.25) is 5.02 Å². The predicted molar refractivity (Wildman–Crippen MR) is 105 cm³/mol. The van der Waals surface area contributed by atoms with Crippen molar-refractivity contribution in [2.75, 3.05) is 4.72 Å². The van der Waals surface area contributed by atoms with Crippen LogP contribution >= 0.6 is 22.9 Å². The molecule has 0 aliphatic heterocycles. The van der Waals surface area contributed by atoms with Gasteiger partial charge in [-0.25, -0.2) is 8.42 Å². The van der Waals surface area contributed by atoms with Gasteiger partial charge in [-0.3, -0.25) is 4.72 Å². The Labute approximate surface area is 164 Å². The highest BCUT2D eigenvalue weighted by molar-refractivity contribution is 7.94. The van der Waals surface area contributed by atoms with Gasteiger partial charge in [-0.15, -0.1) is 11.3 Å². The molecule has 0 bridgehead atoms. The molecule has 0 atom stereocenters. The van der Waals surface area contributed by atoms with Crippen LogP contribution in [0, 0.1) is 0 Å². The van der Waals surface area contributed by atoms with Gasteiger partial charge in [-0.1, -0.05) is 22.8 Å². The molecular weight excluding hydrogens is 406 g/mol. The van der Waals surface area contributed by atoms with Gasteiger partial charge in [0.2, 0.25) is 5.82 Å². The van der Waals surface area contributed by atoms with E-state index in [2.05, 4.69) is 14.9 Å². The Morgan fingerprint density at radius 3 is 2.33 bits per heavy atom. The van der Waals surface area contributed by atoms with Gasteiger partial charge in [0.25, 0.3) is 15.9 Å². The van der Waals surface area contributed by atoms with Gasteiger partial charge in [-0.05, 0) is 60.0 Å². The molecule has 0 unspecified atom stereocenters. The molecule has 0 fully saturated rings. The number of nitrogens with zero attached hydrogens (tertiary/aromatic N) is 2. The molecule has 0 saturated heterocycles. The largest absolute Gasteiger partial charge is 0.334 e. The highest BCUT2D eigenvalue weighted by atomic mass is 35.5. The second kappa shape index (κ2) is 7.15. The topological polar surface area (TPSA) is 85.1 Å². The van der Waals surface area contributed by atoms with E-state index >= 15 is 0 Å². The molecule has 0 aliphatic rings. The number of hydrogen-bond acceptors (Lipinski definition) is 6. The van der Waals surface area contributed by atoms with Gasteiger partial charge >= 0.3 is 0 Å². The Hall–Kier alpha value is -2.68. The van der Waals surface area contributed by atoms with E-state index < -0.39 is 10.0 Å². The van der Waals surface area contributed by atoms with Gasteiger partial charge in [0.1, 0.15) is 4.21 Å². The number of aromatic nitrogens is 2. The summed E-state index contributed by atoms with van der Waals surface area (Å²) in [6, 6.07) is 17.1. The van der Waals surface area contributed by atoms with Crippen molar-refractivity contribution in [3.63, 3.8) is 0 Å². The molecule has 2 aromatic heterocycles. The Morgan fingerprint density at radius 1 is 0.963 bits per heavy atom. The predicted octanol–water partition coefficient (Wildman–Crippen LogP) is 4.92. The molecular formula is C18H12ClN3O3S2. The van der Waals surface area contributed by atoms with Crippen LogP contribution in [0.15, 0.2) is 74.8 Å². The minimum Gasteiger partial charge on any atom is -0.334 e. The minimum atomic E-state index is -3.57. The maximum absolute atomic E-state index is 12.3. The first-order chi connectivity index (χ1) is 13.0. The molecule has 0 amide bonds. The molecule has 4 rings (SSSR count). The van der Waals surface area contributed by atoms with Crippen LogP contribution < -0.4 is 4.72 Å². The van der Waals surface area contributed by atoms with Gasteiger partial charge in [-0.2, -0.15) is 4.98 Å². The van der Waals surface area contributed by atoms with E-state index in [1.807, 2.05) is 0 Å². The normalized spacial score (nSPS) is 11.4. The average Bonchev–Trinajstić information content (AvgIpc) is 3.35. The van der Waals surface area contributed by atoms with Gasteiger partial charge in [0.05, 0.1) is 0 Å². The number of sulfonamides is 1. The summed E-state index contributed by atoms with van der Waals surface area (Å²) in [6.07, 6.45) is 0. The summed E-state index contributed by atoms with van der Waals surface area (Å²) < 4.78 is 32.6. The van der Waals surface area contributed by atoms with Gasteiger partial charge in [0.15, 0.2) is 0 Å². The van der Waals surface area contributed by atoms with Gasteiger partial charge < -0.3 is 4.52 Å². The molecule has 0 radical (unpaired) electrons. The third kappa shape index (κ3) is 3.87. The fraction of sp³-hybridized carbons (Fsp3) is 0. The summed E-state index contributed by atoms with van der Waals surface area (Å²) in [6.45, 7) is 0. The van der Waals surface area contributed by atoms with Crippen LogP contribution in [0.25, 0.3) is 22.8 Å². The summed E-state index contributed by atoms with van der Waals surface area (Å²) in [7, 11) is -3.57. The van der Waals surface area contributed by atoms with Crippen molar-refractivity contribution in [2.24, 2.45) is 0 Å². The molecule has 6 nitrogen and oxygen atoms in total. The second-order valence-electron chi connectivity index (χ2n) is 5.54. The Bertz CT molecular complexity index is 1150. The Balaban J connectivity index is 1.54. The van der Waals surface area contributed by atoms with E-state index in [1.165, 1.54) is 0 Å². The minimum absolute atomic E-state index is 0.261. The zero-order chi connectivity index (χ0) is 18.9. The average molecular weight is 418 g/mol. The maximum Gasteiger partial charge on any atom is 0.271 e. The van der Waals surface area contributed by atoms with Gasteiger partial charge in [0, 0.05) is 21.8 Å². The molecule has 2 aromatic carbocycles. The quantitative estimate of drug-likeness (QED) is 0.498. The lowest BCUT2D eigenvalue weighted by molar-refractivity contribution is 0.432. The van der Waals surface area contributed by atoms with Crippen molar-refractivity contribution in [3.8, 4) is 22.8 Å². The molecule has 0 spiro atoms. The molecule has 4 aromatic rings. The monoisotopic (exact) mass is 417 g/mol. The SMILES string of the molecule is O=S(=O)(Nc1ccc(-c2noc(-c3ccc(Cl)cc3)n2)cc1)c1cccs1. The summed E-state index contributed by atoms with van der Waals surface area (Å²) >= 11 is 7.04. The second-order valence-corrected chi connectivity index (χ2v) is 8.84. The van der Waals surface area contributed by atoms with Crippen molar-refractivity contribution in [1.82, 2.24) is 10.1 Å². The van der Waals surface area contributed by atoms with Crippen LogP contribution in [0.1, 0.15) is 0 Å². The van der Waals surface area contributed by atoms with E-state index in [0.717, 1.165) is 16.9 Å². The zero-order valence-electron chi connectivity index (χ0n) is 13.7. The summed E-state index contributed by atoms with van der Waals surface area (Å²) in [5.41, 5.74) is 1.92. The van der Waals surface area contributed by atoms with Crippen LogP contribution in [-0.4, -0.2) is 18.6 Å². The zero-order valence-corrected chi connectivity index (χ0v) is 16.1. The number of nitrogens with one attached hydrogen (secondary N) is 1. The fourth-order valence-corrected chi connectivity index (χ4v) is 4.54. The van der Waals surface area contributed by atoms with Crippen LogP contribution in [-0.2, 0) is 10.0 Å². The Morgan fingerprint density at radius 2 is 1.67 bits per heavy atom. The standard InChI is InChI=1S/C18H12ClN3O3S2/c19-14-7-3-13(4-8-14)18-20-17(21-25-18)12-5-9-15(10-6-12)22-27(23,24)16-2-1-11-26-16/h1-11,22H. The molecule has 0 aliphatic carbocycles. The molecule has 0 saturated carbocycles. The Kier molecular flexibility index (Phi) is 4.69. The molecule has 2 heterocycles. The third-order valence-corrected chi connectivity index (χ3v) is 6.70. The van der Waals surface area contributed by atoms with Crippen LogP contribution in [0.3, 0.4) is 0 Å². The summed E-state index contributed by atoms with van der Waals surface area (Å²) in [5, 5.41) is 6.31. The van der Waals surface area contributed by atoms with Crippen molar-refractivity contribution in [2.45, 2.75) is 4.21 Å². The van der Waals surface area contributed by atoms with Crippen molar-refractivity contribution in [1.29, 1.82) is 0 Å². The van der Waals surface area contributed by atoms with E-state index in [9.17, 15) is 8.42 Å². The number of benzene rings is 2. The lowest BCUT2D eigenvalue weighted by Crippen LogP contribution is -2.11. The summed E-state index contributed by atoms with van der Waals surface area (Å²) in [4.78, 5) is 4.37. The van der Waals surface area contributed by atoms with E-state index in [4.69, 9.17) is 16.1 Å². The van der Waals surface area contributed by atoms with Crippen LogP contribution in [0.5, 0.6) is 0 Å². The highest BCUT2D eigenvalue weighted by Crippen LogP contribution is 2.25. The first-order valence-electron chi connectivity index (χ1n) is 7.78. The number of hydrogen-bond donors (Lipinski definition) is 1. The number of anilines is 1. The van der Waals surface area contributed by atoms with Crippen molar-refractivity contribution >= 4 is 38.6 Å². The third-order valence-electron chi connectivity index (χ3n) is 3.67. The van der Waals surface area contributed by atoms with E-state index in [-0.39, 0.29) is 4.21 Å². The van der Waals surface area contributed by atoms with E-state index in [0.29, 0.717) is 28.0 Å². The van der Waals surface area contributed by atoms with Crippen LogP contribution in [0.4, 0.5) is 5.69 Å². The smallest absolute Gasteiger partial charge is 0.271 e. The first-order valence-corrected chi connectivity index (χ1v) is 10.5. The summed E-state index contributed by atoms with van der Waals surface area (Å²) in [5.74, 6) is 0.789. The lowest BCUT2D eigenvalue weighted by Gasteiger charge is -2.06.